The first-order chi connectivity index (χ1) is 14.1. The maximum absolute atomic E-state index is 13.1. The van der Waals surface area contributed by atoms with E-state index in [2.05, 4.69) is 5.32 Å². The molecular formula is C24H31ClN2O2S. The number of nitrogens with one attached hydrogen (secondary N) is 1. The molecule has 0 fully saturated rings. The quantitative estimate of drug-likeness (QED) is 0.605. The first kappa shape index (κ1) is 24.3. The summed E-state index contributed by atoms with van der Waals surface area (Å²) in [5.74, 6) is 0.712. The number of aryl methyl sites for hydroxylation is 1. The number of thioether (sulfide) groups is 1. The molecule has 30 heavy (non-hydrogen) atoms. The van der Waals surface area contributed by atoms with Crippen LogP contribution >= 0.6 is 23.4 Å². The van der Waals surface area contributed by atoms with E-state index in [0.29, 0.717) is 17.3 Å². The van der Waals surface area contributed by atoms with Crippen molar-refractivity contribution in [1.29, 1.82) is 0 Å². The average Bonchev–Trinajstić information content (AvgIpc) is 2.67. The van der Waals surface area contributed by atoms with E-state index in [1.807, 2.05) is 76.2 Å². The van der Waals surface area contributed by atoms with Gasteiger partial charge in [-0.1, -0.05) is 54.1 Å². The molecule has 1 N–H and O–H groups in total. The minimum atomic E-state index is -0.572. The number of hydrogen-bond donors (Lipinski definition) is 1. The van der Waals surface area contributed by atoms with Gasteiger partial charge in [-0.05, 0) is 57.4 Å². The predicted octanol–water partition coefficient (Wildman–Crippen LogP) is 5.21. The van der Waals surface area contributed by atoms with Crippen molar-refractivity contribution in [2.24, 2.45) is 0 Å². The third-order valence-electron chi connectivity index (χ3n) is 4.71. The van der Waals surface area contributed by atoms with Crippen LogP contribution in [0.25, 0.3) is 0 Å². The first-order valence-electron chi connectivity index (χ1n) is 10.1. The van der Waals surface area contributed by atoms with Gasteiger partial charge in [-0.15, -0.1) is 11.8 Å². The molecule has 0 spiro atoms. The van der Waals surface area contributed by atoms with E-state index in [1.54, 1.807) is 11.8 Å². The van der Waals surface area contributed by atoms with Crippen LogP contribution in [0.3, 0.4) is 0 Å². The highest BCUT2D eigenvalue weighted by atomic mass is 35.5. The fourth-order valence-electron chi connectivity index (χ4n) is 2.97. The molecule has 1 atom stereocenters. The molecule has 0 aliphatic heterocycles. The molecule has 1 unspecified atom stereocenters. The Morgan fingerprint density at radius 2 is 1.67 bits per heavy atom. The molecule has 0 heterocycles. The predicted molar refractivity (Wildman–Crippen MR) is 127 cm³/mol. The van der Waals surface area contributed by atoms with E-state index in [1.165, 1.54) is 11.8 Å². The minimum absolute atomic E-state index is 0.0631. The molecule has 0 saturated heterocycles. The van der Waals surface area contributed by atoms with Gasteiger partial charge in [0.25, 0.3) is 0 Å². The highest BCUT2D eigenvalue weighted by Gasteiger charge is 2.28. The average molecular weight is 447 g/mol. The number of carbonyl (C=O) groups excluding carboxylic acids is 2. The van der Waals surface area contributed by atoms with Crippen LogP contribution in [0, 0.1) is 6.92 Å². The van der Waals surface area contributed by atoms with Gasteiger partial charge < -0.3 is 10.2 Å². The minimum Gasteiger partial charge on any atom is -0.350 e. The summed E-state index contributed by atoms with van der Waals surface area (Å²) in [5, 5.41) is 3.69. The molecule has 2 rings (SSSR count). The summed E-state index contributed by atoms with van der Waals surface area (Å²) in [7, 11) is 0. The lowest BCUT2D eigenvalue weighted by Gasteiger charge is -2.31. The molecule has 0 saturated carbocycles. The van der Waals surface area contributed by atoms with E-state index < -0.39 is 6.04 Å². The number of amides is 2. The maximum Gasteiger partial charge on any atom is 0.242 e. The van der Waals surface area contributed by atoms with Crippen molar-refractivity contribution in [1.82, 2.24) is 10.2 Å². The second kappa shape index (κ2) is 10.9. The second-order valence-corrected chi connectivity index (χ2v) is 9.84. The number of rotatable bonds is 8. The monoisotopic (exact) mass is 446 g/mol. The Balaban J connectivity index is 2.13. The van der Waals surface area contributed by atoms with Crippen LogP contribution in [-0.2, 0) is 21.9 Å². The summed E-state index contributed by atoms with van der Waals surface area (Å²) >= 11 is 7.73. The van der Waals surface area contributed by atoms with Gasteiger partial charge in [-0.25, -0.2) is 0 Å². The van der Waals surface area contributed by atoms with Gasteiger partial charge in [0.05, 0.1) is 5.75 Å². The van der Waals surface area contributed by atoms with E-state index in [9.17, 15) is 9.59 Å². The summed E-state index contributed by atoms with van der Waals surface area (Å²) in [6, 6.07) is 15.0. The number of benzene rings is 2. The van der Waals surface area contributed by atoms with Gasteiger partial charge in [-0.3, -0.25) is 9.59 Å². The number of carbonyl (C=O) groups is 2. The third-order valence-corrected chi connectivity index (χ3v) is 6.04. The lowest BCUT2D eigenvalue weighted by molar-refractivity contribution is -0.139. The Bertz CT molecular complexity index is 880. The van der Waals surface area contributed by atoms with Gasteiger partial charge >= 0.3 is 0 Å². The van der Waals surface area contributed by atoms with E-state index in [4.69, 9.17) is 11.6 Å². The highest BCUT2D eigenvalue weighted by Crippen LogP contribution is 2.22. The summed E-state index contributed by atoms with van der Waals surface area (Å²) in [4.78, 5) is 27.6. The van der Waals surface area contributed by atoms with Crippen molar-refractivity contribution in [3.63, 3.8) is 0 Å². The zero-order valence-electron chi connectivity index (χ0n) is 18.4. The second-order valence-electron chi connectivity index (χ2n) is 8.45. The molecule has 0 aliphatic carbocycles. The number of hydrogen-bond acceptors (Lipinski definition) is 3. The standard InChI is InChI=1S/C24H31ClN2O2S/c1-17-10-6-7-11-19(17)14-27(18(2)23(29)26-24(3,4)5)22(28)16-30-15-20-12-8-9-13-21(20)25/h6-13,18H,14-16H2,1-5H3,(H,26,29). The van der Waals surface area contributed by atoms with Crippen LogP contribution in [0.15, 0.2) is 48.5 Å². The van der Waals surface area contributed by atoms with Crippen molar-refractivity contribution in [3.05, 3.63) is 70.2 Å². The van der Waals surface area contributed by atoms with Crippen LogP contribution in [0.5, 0.6) is 0 Å². The molecule has 162 valence electrons. The topological polar surface area (TPSA) is 49.4 Å². The fraction of sp³-hybridized carbons (Fsp3) is 0.417. The summed E-state index contributed by atoms with van der Waals surface area (Å²) < 4.78 is 0. The summed E-state index contributed by atoms with van der Waals surface area (Å²) in [5.41, 5.74) is 2.78. The smallest absolute Gasteiger partial charge is 0.242 e. The maximum atomic E-state index is 13.1. The Kier molecular flexibility index (Phi) is 8.80. The third kappa shape index (κ3) is 7.37. The molecule has 6 heteroatoms. The highest BCUT2D eigenvalue weighted by molar-refractivity contribution is 7.99. The normalized spacial score (nSPS) is 12.3. The summed E-state index contributed by atoms with van der Waals surface area (Å²) in [6.07, 6.45) is 0. The van der Waals surface area contributed by atoms with E-state index in [-0.39, 0.29) is 23.1 Å². The van der Waals surface area contributed by atoms with Gasteiger partial charge in [0, 0.05) is 22.9 Å². The zero-order valence-corrected chi connectivity index (χ0v) is 19.9. The molecule has 4 nitrogen and oxygen atoms in total. The van der Waals surface area contributed by atoms with Crippen molar-refractivity contribution in [2.45, 2.75) is 58.5 Å². The fourth-order valence-corrected chi connectivity index (χ4v) is 4.17. The van der Waals surface area contributed by atoms with Gasteiger partial charge in [0.2, 0.25) is 11.8 Å². The van der Waals surface area contributed by atoms with Crippen molar-refractivity contribution < 1.29 is 9.59 Å². The number of nitrogens with zero attached hydrogens (tertiary/aromatic N) is 1. The van der Waals surface area contributed by atoms with Crippen LogP contribution in [-0.4, -0.2) is 34.0 Å². The Hall–Kier alpha value is -1.98. The SMILES string of the molecule is Cc1ccccc1CN(C(=O)CSCc1ccccc1Cl)C(C)C(=O)NC(C)(C)C. The molecule has 0 bridgehead atoms. The van der Waals surface area contributed by atoms with Crippen LogP contribution in [0.2, 0.25) is 5.02 Å². The molecule has 2 aromatic carbocycles. The molecular weight excluding hydrogens is 416 g/mol. The van der Waals surface area contributed by atoms with Crippen molar-refractivity contribution in [2.75, 3.05) is 5.75 Å². The largest absolute Gasteiger partial charge is 0.350 e. The Labute approximate surface area is 189 Å². The van der Waals surface area contributed by atoms with Crippen molar-refractivity contribution in [3.8, 4) is 0 Å². The van der Waals surface area contributed by atoms with E-state index >= 15 is 0 Å². The Morgan fingerprint density at radius 3 is 2.27 bits per heavy atom. The molecule has 0 aromatic heterocycles. The lowest BCUT2D eigenvalue weighted by Crippen LogP contribution is -2.52. The van der Waals surface area contributed by atoms with Crippen LogP contribution < -0.4 is 5.32 Å². The van der Waals surface area contributed by atoms with Gasteiger partial charge in [0.1, 0.15) is 6.04 Å². The van der Waals surface area contributed by atoms with Gasteiger partial charge in [0.15, 0.2) is 0 Å². The Morgan fingerprint density at radius 1 is 1.07 bits per heavy atom. The molecule has 0 aliphatic rings. The van der Waals surface area contributed by atoms with Crippen molar-refractivity contribution >= 4 is 35.2 Å². The lowest BCUT2D eigenvalue weighted by atomic mass is 10.1. The van der Waals surface area contributed by atoms with Crippen LogP contribution in [0.4, 0.5) is 0 Å². The van der Waals surface area contributed by atoms with E-state index in [0.717, 1.165) is 16.7 Å². The van der Waals surface area contributed by atoms with Crippen LogP contribution in [0.1, 0.15) is 44.4 Å². The molecule has 0 radical (unpaired) electrons. The number of halogens is 1. The first-order valence-corrected chi connectivity index (χ1v) is 11.6. The molecule has 2 amide bonds. The summed E-state index contributed by atoms with van der Waals surface area (Å²) in [6.45, 7) is 10.0. The van der Waals surface area contributed by atoms with Gasteiger partial charge in [-0.2, -0.15) is 0 Å². The zero-order chi connectivity index (χ0) is 22.3. The molecule has 2 aromatic rings.